The number of benzene rings is 8. The Morgan fingerprint density at radius 2 is 1.11 bits per heavy atom. The van der Waals surface area contributed by atoms with Gasteiger partial charge in [-0.05, 0) is 149 Å². The van der Waals surface area contributed by atoms with Crippen LogP contribution in [-0.4, -0.2) is 0 Å². The van der Waals surface area contributed by atoms with Crippen molar-refractivity contribution in [2.45, 2.75) is 44.4 Å². The summed E-state index contributed by atoms with van der Waals surface area (Å²) in [5.74, 6) is 0.322. The molecular weight excluding hydrogens is 689 g/mol. The lowest BCUT2D eigenvalue weighted by Crippen LogP contribution is -2.15. The van der Waals surface area contributed by atoms with E-state index in [0.717, 1.165) is 55.6 Å². The van der Waals surface area contributed by atoms with Crippen molar-refractivity contribution < 1.29 is 0 Å². The fourth-order valence-corrected chi connectivity index (χ4v) is 9.06. The first kappa shape index (κ1) is 34.8. The van der Waals surface area contributed by atoms with E-state index in [9.17, 15) is 0 Å². The van der Waals surface area contributed by atoms with Gasteiger partial charge in [-0.2, -0.15) is 0 Å². The third-order valence-corrected chi connectivity index (χ3v) is 12.0. The zero-order valence-electron chi connectivity index (χ0n) is 32.3. The molecule has 10 rings (SSSR count). The molecule has 2 aliphatic rings. The van der Waals surface area contributed by atoms with Gasteiger partial charge in [-0.15, -0.1) is 0 Å². The second-order valence-corrected chi connectivity index (χ2v) is 15.6. The Bertz CT molecular complexity index is 2700. The fourth-order valence-electron chi connectivity index (χ4n) is 9.06. The summed E-state index contributed by atoms with van der Waals surface area (Å²) in [6.45, 7) is 0. The van der Waals surface area contributed by atoms with Gasteiger partial charge in [0.2, 0.25) is 0 Å². The van der Waals surface area contributed by atoms with Gasteiger partial charge in [-0.3, -0.25) is 0 Å². The minimum Gasteiger partial charge on any atom is -0.310 e. The van der Waals surface area contributed by atoms with Crippen LogP contribution < -0.4 is 9.80 Å². The molecule has 1 unspecified atom stereocenters. The monoisotopic (exact) mass is 734 g/mol. The molecule has 276 valence electrons. The zero-order valence-corrected chi connectivity index (χ0v) is 32.3. The summed E-state index contributed by atoms with van der Waals surface area (Å²) in [5, 5.41) is 2.48. The average molecular weight is 735 g/mol. The summed E-state index contributed by atoms with van der Waals surface area (Å²) < 4.78 is 0. The molecule has 0 N–H and O–H groups in total. The highest BCUT2D eigenvalue weighted by atomic mass is 15.2. The molecule has 0 radical (unpaired) electrons. The highest BCUT2D eigenvalue weighted by Crippen LogP contribution is 2.46. The third kappa shape index (κ3) is 7.16. The molecule has 1 atom stereocenters. The smallest absolute Gasteiger partial charge is 0.0514 e. The summed E-state index contributed by atoms with van der Waals surface area (Å²) in [7, 11) is 0. The molecule has 0 amide bonds. The molecule has 2 nitrogen and oxygen atoms in total. The second kappa shape index (κ2) is 15.5. The van der Waals surface area contributed by atoms with E-state index < -0.39 is 0 Å². The van der Waals surface area contributed by atoms with Gasteiger partial charge in [-0.1, -0.05) is 146 Å². The fraction of sp³-hybridized carbons (Fsp3) is 0.127. The number of hydrogen-bond acceptors (Lipinski definition) is 2. The lowest BCUT2D eigenvalue weighted by molar-refractivity contribution is 0.679. The highest BCUT2D eigenvalue weighted by molar-refractivity contribution is 5.91. The van der Waals surface area contributed by atoms with E-state index in [2.05, 4.69) is 210 Å². The van der Waals surface area contributed by atoms with E-state index in [0.29, 0.717) is 5.92 Å². The normalized spacial score (nSPS) is 13.6. The number of allylic oxidation sites excluding steroid dienone is 1. The average Bonchev–Trinajstić information content (AvgIpc) is 3.43. The first-order valence-corrected chi connectivity index (χ1v) is 20.5. The van der Waals surface area contributed by atoms with Gasteiger partial charge in [0.15, 0.2) is 0 Å². The van der Waals surface area contributed by atoms with E-state index in [1.807, 2.05) is 0 Å². The van der Waals surface area contributed by atoms with E-state index in [4.69, 9.17) is 0 Å². The molecule has 0 spiro atoms. The van der Waals surface area contributed by atoms with Crippen molar-refractivity contribution in [3.63, 3.8) is 0 Å². The molecule has 0 fully saturated rings. The second-order valence-electron chi connectivity index (χ2n) is 15.6. The molecule has 8 aromatic carbocycles. The predicted molar refractivity (Wildman–Crippen MR) is 241 cm³/mol. The number of para-hydroxylation sites is 2. The van der Waals surface area contributed by atoms with Gasteiger partial charge in [0.25, 0.3) is 0 Å². The van der Waals surface area contributed by atoms with Gasteiger partial charge in [-0.25, -0.2) is 0 Å². The van der Waals surface area contributed by atoms with Crippen LogP contribution in [0.25, 0.3) is 16.8 Å². The Morgan fingerprint density at radius 3 is 1.91 bits per heavy atom. The lowest BCUT2D eigenvalue weighted by atomic mass is 9.84. The van der Waals surface area contributed by atoms with Crippen molar-refractivity contribution in [2.75, 3.05) is 9.80 Å². The van der Waals surface area contributed by atoms with Crippen molar-refractivity contribution in [2.24, 2.45) is 0 Å². The van der Waals surface area contributed by atoms with Crippen LogP contribution in [0.3, 0.4) is 0 Å². The maximum absolute atomic E-state index is 2.54. The molecule has 1 aliphatic carbocycles. The van der Waals surface area contributed by atoms with Crippen LogP contribution in [0.2, 0.25) is 0 Å². The van der Waals surface area contributed by atoms with Crippen molar-refractivity contribution in [1.82, 2.24) is 0 Å². The number of rotatable bonds is 9. The van der Waals surface area contributed by atoms with Gasteiger partial charge < -0.3 is 9.80 Å². The van der Waals surface area contributed by atoms with Crippen LogP contribution in [0.4, 0.5) is 34.1 Å². The SMILES string of the molecule is C1=Cc2ccc(CC(Cc3ccccc3)c3ccc4c(c3)N(c3ccccc3)c3cc(N(c5ccccc5)c5ccc6ccccc6c5)ccc3CC4)cc2CC1. The number of aryl methyl sites for hydroxylation is 3. The molecular formula is C55H46N2. The van der Waals surface area contributed by atoms with Gasteiger partial charge in [0.05, 0.1) is 5.69 Å². The van der Waals surface area contributed by atoms with Gasteiger partial charge in [0.1, 0.15) is 0 Å². The van der Waals surface area contributed by atoms with Crippen LogP contribution in [0, 0.1) is 0 Å². The lowest BCUT2D eigenvalue weighted by Gasteiger charge is -2.31. The molecule has 0 saturated heterocycles. The van der Waals surface area contributed by atoms with E-state index >= 15 is 0 Å². The number of hydrogen-bond donors (Lipinski definition) is 0. The summed E-state index contributed by atoms with van der Waals surface area (Å²) in [4.78, 5) is 4.95. The molecule has 1 heterocycles. The van der Waals surface area contributed by atoms with Crippen LogP contribution >= 0.6 is 0 Å². The number of anilines is 6. The number of nitrogens with zero attached hydrogens (tertiary/aromatic N) is 2. The minimum absolute atomic E-state index is 0.322. The Hall–Kier alpha value is -6.64. The molecule has 0 bridgehead atoms. The molecule has 57 heavy (non-hydrogen) atoms. The Labute approximate surface area is 337 Å². The molecule has 1 aliphatic heterocycles. The molecule has 8 aromatic rings. The van der Waals surface area contributed by atoms with Crippen molar-refractivity contribution >= 4 is 51.0 Å². The first-order chi connectivity index (χ1) is 28.2. The summed E-state index contributed by atoms with van der Waals surface area (Å²) in [5.41, 5.74) is 16.9. The topological polar surface area (TPSA) is 6.48 Å². The van der Waals surface area contributed by atoms with Gasteiger partial charge in [0, 0.05) is 28.4 Å². The molecule has 0 aromatic heterocycles. The largest absolute Gasteiger partial charge is 0.310 e. The maximum atomic E-state index is 2.54. The first-order valence-electron chi connectivity index (χ1n) is 20.5. The van der Waals surface area contributed by atoms with Crippen LogP contribution in [0.5, 0.6) is 0 Å². The summed E-state index contributed by atoms with van der Waals surface area (Å²) >= 11 is 0. The maximum Gasteiger partial charge on any atom is 0.0514 e. The molecule has 2 heteroatoms. The molecule has 0 saturated carbocycles. The van der Waals surface area contributed by atoms with Crippen molar-refractivity contribution in [1.29, 1.82) is 0 Å². The predicted octanol–water partition coefficient (Wildman–Crippen LogP) is 14.4. The summed E-state index contributed by atoms with van der Waals surface area (Å²) in [6, 6.07) is 69.9. The van der Waals surface area contributed by atoms with E-state index in [1.165, 1.54) is 66.8 Å². The van der Waals surface area contributed by atoms with Crippen LogP contribution in [-0.2, 0) is 32.1 Å². The van der Waals surface area contributed by atoms with Crippen molar-refractivity contribution in [3.05, 3.63) is 233 Å². The standard InChI is InChI=1S/C55H46N2/c1-4-14-40(15-5-1)34-49(36-41-24-25-42-16-10-12-18-46(42)35-41)48-29-28-44-26-27-45-31-33-53(39-55(45)57(54(44)38-48)51-22-8-3-9-23-51)56(50-20-6-2-7-21-50)52-32-30-43-17-11-13-19-47(43)37-52/h1-11,13-17,19-25,28-33,35,37-39,49H,12,18,26-27,34,36H2. The van der Waals surface area contributed by atoms with Crippen LogP contribution in [0.15, 0.2) is 194 Å². The van der Waals surface area contributed by atoms with Gasteiger partial charge >= 0.3 is 0 Å². The summed E-state index contributed by atoms with van der Waals surface area (Å²) in [6.07, 6.45) is 10.8. The Kier molecular flexibility index (Phi) is 9.46. The minimum atomic E-state index is 0.322. The van der Waals surface area contributed by atoms with Crippen LogP contribution in [0.1, 0.15) is 51.3 Å². The highest BCUT2D eigenvalue weighted by Gasteiger charge is 2.26. The van der Waals surface area contributed by atoms with E-state index in [-0.39, 0.29) is 0 Å². The van der Waals surface area contributed by atoms with Crippen molar-refractivity contribution in [3.8, 4) is 0 Å². The Balaban J connectivity index is 1.10. The quantitative estimate of drug-likeness (QED) is 0.146. The van der Waals surface area contributed by atoms with E-state index in [1.54, 1.807) is 0 Å². The number of fused-ring (bicyclic) bond motifs is 4. The Morgan fingerprint density at radius 1 is 0.456 bits per heavy atom. The zero-order chi connectivity index (χ0) is 38.0. The third-order valence-electron chi connectivity index (χ3n) is 12.0.